The average Bonchev–Trinajstić information content (AvgIpc) is 2.55. The second kappa shape index (κ2) is 7.27. The first-order valence-corrected chi connectivity index (χ1v) is 9.11. The van der Waals surface area contributed by atoms with Gasteiger partial charge < -0.3 is 10.1 Å². The van der Waals surface area contributed by atoms with Crippen molar-refractivity contribution in [2.75, 3.05) is 0 Å². The highest BCUT2D eigenvalue weighted by Crippen LogP contribution is 2.39. The van der Waals surface area contributed by atoms with E-state index < -0.39 is 0 Å². The largest absolute Gasteiger partial charge is 0.487 e. The number of hydrogen-bond acceptors (Lipinski definition) is 2. The van der Waals surface area contributed by atoms with Crippen LogP contribution in [0, 0.1) is 0 Å². The summed E-state index contributed by atoms with van der Waals surface area (Å²) in [5.41, 5.74) is 1.72. The van der Waals surface area contributed by atoms with Crippen molar-refractivity contribution in [3.05, 3.63) is 63.6 Å². The molecule has 132 valence electrons. The Morgan fingerprint density at radius 2 is 1.96 bits per heavy atom. The number of ether oxygens (including phenoxy) is 1. The summed E-state index contributed by atoms with van der Waals surface area (Å²) in [6.45, 7) is 4.08. The molecule has 0 aliphatic carbocycles. The summed E-state index contributed by atoms with van der Waals surface area (Å²) >= 11 is 11.9. The van der Waals surface area contributed by atoms with Crippen molar-refractivity contribution in [3.8, 4) is 5.75 Å². The van der Waals surface area contributed by atoms with Gasteiger partial charge in [-0.3, -0.25) is 4.79 Å². The lowest BCUT2D eigenvalue weighted by Gasteiger charge is -2.37. The third kappa shape index (κ3) is 4.47. The smallest absolute Gasteiger partial charge is 0.220 e. The normalized spacial score (nSPS) is 18.2. The second-order valence-corrected chi connectivity index (χ2v) is 7.79. The second-order valence-electron chi connectivity index (χ2n) is 6.97. The Hall–Kier alpha value is -1.71. The van der Waals surface area contributed by atoms with Crippen LogP contribution in [0.2, 0.25) is 10.0 Å². The van der Waals surface area contributed by atoms with Gasteiger partial charge in [0, 0.05) is 18.4 Å². The van der Waals surface area contributed by atoms with Crippen molar-refractivity contribution in [2.45, 2.75) is 44.8 Å². The molecule has 0 saturated carbocycles. The molecule has 1 heterocycles. The third-order valence-electron chi connectivity index (χ3n) is 4.34. The van der Waals surface area contributed by atoms with Crippen LogP contribution in [0.25, 0.3) is 0 Å². The molecular formula is C20H21Cl2NO2. The lowest BCUT2D eigenvalue weighted by Crippen LogP contribution is -2.41. The van der Waals surface area contributed by atoms with E-state index in [0.29, 0.717) is 22.9 Å². The SMILES string of the molecule is CC1(C)CC(NC(=O)CCc2ccc(Cl)c(Cl)c2)c2ccccc2O1. The van der Waals surface area contributed by atoms with Crippen LogP contribution < -0.4 is 10.1 Å². The lowest BCUT2D eigenvalue weighted by atomic mass is 9.89. The molecule has 0 saturated heterocycles. The summed E-state index contributed by atoms with van der Waals surface area (Å²) in [7, 11) is 0. The molecule has 0 radical (unpaired) electrons. The number of halogens is 2. The Morgan fingerprint density at radius 3 is 2.72 bits per heavy atom. The maximum atomic E-state index is 12.4. The molecule has 1 unspecified atom stereocenters. The number of hydrogen-bond donors (Lipinski definition) is 1. The van der Waals surface area contributed by atoms with Gasteiger partial charge in [0.05, 0.1) is 16.1 Å². The fourth-order valence-electron chi connectivity index (χ4n) is 3.15. The van der Waals surface area contributed by atoms with Crippen LogP contribution in [0.1, 0.15) is 43.9 Å². The molecule has 1 aliphatic rings. The van der Waals surface area contributed by atoms with E-state index in [1.54, 1.807) is 6.07 Å². The first kappa shape index (κ1) is 18.1. The molecule has 0 spiro atoms. The monoisotopic (exact) mass is 377 g/mol. The van der Waals surface area contributed by atoms with E-state index in [-0.39, 0.29) is 17.6 Å². The van der Waals surface area contributed by atoms with Gasteiger partial charge in [-0.2, -0.15) is 0 Å². The van der Waals surface area contributed by atoms with Gasteiger partial charge in [-0.1, -0.05) is 47.5 Å². The standard InChI is InChI=1S/C20H21Cl2NO2/c1-20(2)12-17(14-5-3-4-6-18(14)25-20)23-19(24)10-8-13-7-9-15(21)16(22)11-13/h3-7,9,11,17H,8,10,12H2,1-2H3,(H,23,24). The predicted octanol–water partition coefficient (Wildman–Crippen LogP) is 5.34. The zero-order valence-electron chi connectivity index (χ0n) is 14.3. The van der Waals surface area contributed by atoms with Gasteiger partial charge in [0.25, 0.3) is 0 Å². The average molecular weight is 378 g/mol. The van der Waals surface area contributed by atoms with Crippen LogP contribution >= 0.6 is 23.2 Å². The Kier molecular flexibility index (Phi) is 5.26. The van der Waals surface area contributed by atoms with Crippen molar-refractivity contribution in [1.29, 1.82) is 0 Å². The molecule has 3 nitrogen and oxygen atoms in total. The highest BCUT2D eigenvalue weighted by Gasteiger charge is 2.34. The molecule has 25 heavy (non-hydrogen) atoms. The van der Waals surface area contributed by atoms with Gasteiger partial charge in [-0.15, -0.1) is 0 Å². The van der Waals surface area contributed by atoms with Crippen LogP contribution in [0.4, 0.5) is 0 Å². The van der Waals surface area contributed by atoms with Gasteiger partial charge >= 0.3 is 0 Å². The number of benzene rings is 2. The van der Waals surface area contributed by atoms with Crippen LogP contribution in [0.3, 0.4) is 0 Å². The molecule has 0 bridgehead atoms. The highest BCUT2D eigenvalue weighted by atomic mass is 35.5. The Labute approximate surface area is 158 Å². The fourth-order valence-corrected chi connectivity index (χ4v) is 3.47. The summed E-state index contributed by atoms with van der Waals surface area (Å²) < 4.78 is 6.01. The van der Waals surface area contributed by atoms with E-state index in [1.807, 2.05) is 50.2 Å². The van der Waals surface area contributed by atoms with Crippen LogP contribution in [-0.4, -0.2) is 11.5 Å². The molecule has 0 fully saturated rings. The molecule has 0 aromatic heterocycles. The Bertz CT molecular complexity index is 789. The molecule has 1 atom stereocenters. The molecule has 2 aromatic carbocycles. The van der Waals surface area contributed by atoms with Crippen molar-refractivity contribution >= 4 is 29.1 Å². The van der Waals surface area contributed by atoms with Crippen LogP contribution in [0.5, 0.6) is 5.75 Å². The van der Waals surface area contributed by atoms with Crippen molar-refractivity contribution in [2.24, 2.45) is 0 Å². The topological polar surface area (TPSA) is 38.3 Å². The maximum Gasteiger partial charge on any atom is 0.220 e. The number of carbonyl (C=O) groups is 1. The lowest BCUT2D eigenvalue weighted by molar-refractivity contribution is -0.122. The minimum atomic E-state index is -0.310. The Balaban J connectivity index is 1.65. The molecule has 5 heteroatoms. The number of rotatable bonds is 4. The minimum absolute atomic E-state index is 0.0172. The number of amides is 1. The van der Waals surface area contributed by atoms with Crippen LogP contribution in [0.15, 0.2) is 42.5 Å². The number of para-hydroxylation sites is 1. The molecule has 1 aliphatic heterocycles. The third-order valence-corrected chi connectivity index (χ3v) is 5.08. The number of carbonyl (C=O) groups excluding carboxylic acids is 1. The first-order valence-electron chi connectivity index (χ1n) is 8.35. The first-order chi connectivity index (χ1) is 11.8. The van der Waals surface area contributed by atoms with Crippen molar-refractivity contribution in [3.63, 3.8) is 0 Å². The highest BCUT2D eigenvalue weighted by molar-refractivity contribution is 6.42. The van der Waals surface area contributed by atoms with E-state index in [0.717, 1.165) is 23.3 Å². The molecule has 3 rings (SSSR count). The van der Waals surface area contributed by atoms with Crippen molar-refractivity contribution in [1.82, 2.24) is 5.32 Å². The van der Waals surface area contributed by atoms with E-state index in [4.69, 9.17) is 27.9 Å². The quantitative estimate of drug-likeness (QED) is 0.780. The van der Waals surface area contributed by atoms with Gasteiger partial charge in [-0.25, -0.2) is 0 Å². The van der Waals surface area contributed by atoms with Gasteiger partial charge in [-0.05, 0) is 44.0 Å². The van der Waals surface area contributed by atoms with Gasteiger partial charge in [0.2, 0.25) is 5.91 Å². The summed E-state index contributed by atoms with van der Waals surface area (Å²) in [4.78, 5) is 12.4. The molecule has 1 N–H and O–H groups in total. The predicted molar refractivity (Wildman–Crippen MR) is 101 cm³/mol. The zero-order valence-corrected chi connectivity index (χ0v) is 15.8. The number of aryl methyl sites for hydroxylation is 1. The van der Waals surface area contributed by atoms with Crippen LogP contribution in [-0.2, 0) is 11.2 Å². The molecule has 1 amide bonds. The summed E-state index contributed by atoms with van der Waals surface area (Å²) in [6.07, 6.45) is 1.76. The summed E-state index contributed by atoms with van der Waals surface area (Å²) in [6, 6.07) is 13.3. The van der Waals surface area contributed by atoms with E-state index in [2.05, 4.69) is 5.32 Å². The number of nitrogens with one attached hydrogen (secondary N) is 1. The maximum absolute atomic E-state index is 12.4. The van der Waals surface area contributed by atoms with Gasteiger partial charge in [0.15, 0.2) is 0 Å². The number of fused-ring (bicyclic) bond motifs is 1. The van der Waals surface area contributed by atoms with Gasteiger partial charge in [0.1, 0.15) is 11.4 Å². The zero-order chi connectivity index (χ0) is 18.0. The summed E-state index contributed by atoms with van der Waals surface area (Å²) in [5, 5.41) is 4.19. The fraction of sp³-hybridized carbons (Fsp3) is 0.350. The summed E-state index contributed by atoms with van der Waals surface area (Å²) in [5.74, 6) is 0.858. The molecule has 2 aromatic rings. The molecular weight excluding hydrogens is 357 g/mol. The van der Waals surface area contributed by atoms with E-state index in [9.17, 15) is 4.79 Å². The van der Waals surface area contributed by atoms with Crippen molar-refractivity contribution < 1.29 is 9.53 Å². The minimum Gasteiger partial charge on any atom is -0.487 e. The van der Waals surface area contributed by atoms with E-state index >= 15 is 0 Å². The van der Waals surface area contributed by atoms with E-state index in [1.165, 1.54) is 0 Å². The Morgan fingerprint density at radius 1 is 1.20 bits per heavy atom.